The van der Waals surface area contributed by atoms with Gasteiger partial charge in [-0.3, -0.25) is 4.79 Å². The minimum atomic E-state index is -0.0577. The van der Waals surface area contributed by atoms with Crippen molar-refractivity contribution in [3.05, 3.63) is 52.1 Å². The van der Waals surface area contributed by atoms with Crippen LogP contribution in [-0.2, 0) is 12.8 Å². The Hall–Kier alpha value is -2.14. The lowest BCUT2D eigenvalue weighted by molar-refractivity contribution is 0.0762. The highest BCUT2D eigenvalue weighted by molar-refractivity contribution is 6.33. The van der Waals surface area contributed by atoms with E-state index in [1.54, 1.807) is 31.6 Å². The molecule has 1 saturated carbocycles. The quantitative estimate of drug-likeness (QED) is 0.846. The van der Waals surface area contributed by atoms with Crippen LogP contribution in [-0.4, -0.2) is 41.0 Å². The Kier molecular flexibility index (Phi) is 4.34. The molecule has 6 heteroatoms. The average molecular weight is 358 g/mol. The largest absolute Gasteiger partial charge is 0.497 e. The molecule has 1 aromatic heterocycles. The molecule has 0 saturated heterocycles. The van der Waals surface area contributed by atoms with Crippen LogP contribution >= 0.6 is 11.6 Å². The summed E-state index contributed by atoms with van der Waals surface area (Å²) in [4.78, 5) is 23.8. The monoisotopic (exact) mass is 357 g/mol. The molecule has 5 nitrogen and oxygen atoms in total. The molecule has 0 atom stereocenters. The third-order valence-electron chi connectivity index (χ3n) is 4.97. The fourth-order valence-corrected chi connectivity index (χ4v) is 3.63. The Morgan fingerprint density at radius 3 is 2.80 bits per heavy atom. The van der Waals surface area contributed by atoms with Gasteiger partial charge in [0.2, 0.25) is 0 Å². The van der Waals surface area contributed by atoms with Gasteiger partial charge in [-0.2, -0.15) is 0 Å². The van der Waals surface area contributed by atoms with E-state index in [2.05, 4.69) is 9.97 Å². The van der Waals surface area contributed by atoms with E-state index in [9.17, 15) is 4.79 Å². The van der Waals surface area contributed by atoms with Gasteiger partial charge in [-0.15, -0.1) is 0 Å². The lowest BCUT2D eigenvalue weighted by Crippen LogP contribution is -2.33. The minimum Gasteiger partial charge on any atom is -0.497 e. The summed E-state index contributed by atoms with van der Waals surface area (Å²) in [5, 5.41) is 0.450. The molecule has 2 aliphatic rings. The zero-order chi connectivity index (χ0) is 17.4. The number of amides is 1. The van der Waals surface area contributed by atoms with Gasteiger partial charge in [0, 0.05) is 31.1 Å². The number of hydrogen-bond donors (Lipinski definition) is 0. The summed E-state index contributed by atoms with van der Waals surface area (Å²) < 4.78 is 5.22. The lowest BCUT2D eigenvalue weighted by Gasteiger charge is -2.21. The number of nitrogens with zero attached hydrogens (tertiary/aromatic N) is 3. The highest BCUT2D eigenvalue weighted by Gasteiger charge is 2.31. The molecule has 2 heterocycles. The highest BCUT2D eigenvalue weighted by atomic mass is 35.5. The molecule has 4 rings (SSSR count). The van der Waals surface area contributed by atoms with Gasteiger partial charge in [0.25, 0.3) is 5.91 Å². The van der Waals surface area contributed by atoms with Crippen LogP contribution in [0.3, 0.4) is 0 Å². The van der Waals surface area contributed by atoms with Gasteiger partial charge >= 0.3 is 0 Å². The molecule has 0 bridgehead atoms. The van der Waals surface area contributed by atoms with Crippen molar-refractivity contribution in [2.24, 2.45) is 0 Å². The zero-order valence-corrected chi connectivity index (χ0v) is 14.9. The van der Waals surface area contributed by atoms with Crippen molar-refractivity contribution < 1.29 is 9.53 Å². The maximum atomic E-state index is 13.0. The molecule has 25 heavy (non-hydrogen) atoms. The van der Waals surface area contributed by atoms with Gasteiger partial charge in [-0.1, -0.05) is 11.6 Å². The van der Waals surface area contributed by atoms with E-state index in [1.165, 1.54) is 24.1 Å². The van der Waals surface area contributed by atoms with Crippen molar-refractivity contribution >= 4 is 17.5 Å². The predicted octanol–water partition coefficient (Wildman–Crippen LogP) is 3.26. The van der Waals surface area contributed by atoms with Crippen molar-refractivity contribution in [3.63, 3.8) is 0 Å². The predicted molar refractivity (Wildman–Crippen MR) is 95.3 cm³/mol. The summed E-state index contributed by atoms with van der Waals surface area (Å²) in [6.07, 6.45) is 5.65. The molecule has 1 aromatic carbocycles. The first-order chi connectivity index (χ1) is 12.2. The third-order valence-corrected chi connectivity index (χ3v) is 5.30. The number of carbonyl (C=O) groups is 1. The van der Waals surface area contributed by atoms with Crippen LogP contribution in [0.2, 0.25) is 5.02 Å². The number of hydrogen-bond acceptors (Lipinski definition) is 4. The van der Waals surface area contributed by atoms with Crippen LogP contribution in [0.25, 0.3) is 0 Å². The Labute approximate surface area is 152 Å². The van der Waals surface area contributed by atoms with Crippen molar-refractivity contribution in [2.45, 2.75) is 31.6 Å². The second kappa shape index (κ2) is 6.64. The number of methoxy groups -OCH3 is 1. The number of rotatable bonds is 3. The Bertz CT molecular complexity index is 820. The zero-order valence-electron chi connectivity index (χ0n) is 14.2. The van der Waals surface area contributed by atoms with Crippen LogP contribution in [0.15, 0.2) is 24.5 Å². The summed E-state index contributed by atoms with van der Waals surface area (Å²) in [6, 6.07) is 5.17. The molecule has 1 amide bonds. The standard InChI is InChI=1S/C19H20ClN3O2/c1-25-13-4-5-16(20)15(10-13)19(24)23-8-6-14-17(7-9-23)21-11-22-18(14)12-2-3-12/h4-5,10-12H,2-3,6-9H2,1H3. The van der Waals surface area contributed by atoms with E-state index in [4.69, 9.17) is 16.3 Å². The van der Waals surface area contributed by atoms with Crippen LogP contribution in [0.4, 0.5) is 0 Å². The summed E-state index contributed by atoms with van der Waals surface area (Å²) in [5.74, 6) is 1.16. The minimum absolute atomic E-state index is 0.0577. The van der Waals surface area contributed by atoms with Crippen molar-refractivity contribution in [1.82, 2.24) is 14.9 Å². The molecule has 0 unspecified atom stereocenters. The van der Waals surface area contributed by atoms with E-state index in [1.807, 2.05) is 4.90 Å². The molecule has 0 radical (unpaired) electrons. The number of halogens is 1. The van der Waals surface area contributed by atoms with E-state index in [0.29, 0.717) is 35.3 Å². The van der Waals surface area contributed by atoms with Gasteiger partial charge in [-0.05, 0) is 43.0 Å². The fraction of sp³-hybridized carbons (Fsp3) is 0.421. The number of fused-ring (bicyclic) bond motifs is 1. The van der Waals surface area contributed by atoms with Gasteiger partial charge in [0.15, 0.2) is 0 Å². The second-order valence-corrected chi connectivity index (χ2v) is 7.00. The number of benzene rings is 1. The number of carbonyl (C=O) groups excluding carboxylic acids is 1. The third kappa shape index (κ3) is 3.21. The van der Waals surface area contributed by atoms with Crippen LogP contribution in [0, 0.1) is 0 Å². The van der Waals surface area contributed by atoms with Crippen molar-refractivity contribution in [3.8, 4) is 5.75 Å². The summed E-state index contributed by atoms with van der Waals surface area (Å²) in [6.45, 7) is 1.30. The van der Waals surface area contributed by atoms with Gasteiger partial charge < -0.3 is 9.64 Å². The summed E-state index contributed by atoms with van der Waals surface area (Å²) in [5.41, 5.74) is 4.01. The SMILES string of the molecule is COc1ccc(Cl)c(C(=O)N2CCc3ncnc(C4CC4)c3CC2)c1. The molecular formula is C19H20ClN3O2. The van der Waals surface area contributed by atoms with Crippen LogP contribution in [0.1, 0.15) is 46.1 Å². The molecule has 0 spiro atoms. The molecule has 2 aromatic rings. The number of ether oxygens (including phenoxy) is 1. The first kappa shape index (κ1) is 16.3. The lowest BCUT2D eigenvalue weighted by atomic mass is 10.0. The van der Waals surface area contributed by atoms with E-state index >= 15 is 0 Å². The van der Waals surface area contributed by atoms with Crippen molar-refractivity contribution in [2.75, 3.05) is 20.2 Å². The van der Waals surface area contributed by atoms with E-state index < -0.39 is 0 Å². The number of aromatic nitrogens is 2. The molecule has 1 aliphatic carbocycles. The fourth-order valence-electron chi connectivity index (χ4n) is 3.43. The maximum Gasteiger partial charge on any atom is 0.255 e. The summed E-state index contributed by atoms with van der Waals surface area (Å²) >= 11 is 6.25. The molecule has 1 aliphatic heterocycles. The molecule has 130 valence electrons. The molecule has 1 fully saturated rings. The average Bonchev–Trinajstić information content (AvgIpc) is 3.48. The van der Waals surface area contributed by atoms with Crippen LogP contribution in [0.5, 0.6) is 5.75 Å². The first-order valence-corrected chi connectivity index (χ1v) is 9.00. The highest BCUT2D eigenvalue weighted by Crippen LogP contribution is 2.41. The van der Waals surface area contributed by atoms with Gasteiger partial charge in [-0.25, -0.2) is 9.97 Å². The van der Waals surface area contributed by atoms with E-state index in [-0.39, 0.29) is 5.91 Å². The second-order valence-electron chi connectivity index (χ2n) is 6.60. The maximum absolute atomic E-state index is 13.0. The topological polar surface area (TPSA) is 55.3 Å². The Morgan fingerprint density at radius 2 is 2.04 bits per heavy atom. The molecule has 0 N–H and O–H groups in total. The summed E-state index contributed by atoms with van der Waals surface area (Å²) in [7, 11) is 1.58. The molecular weight excluding hydrogens is 338 g/mol. The smallest absolute Gasteiger partial charge is 0.255 e. The first-order valence-electron chi connectivity index (χ1n) is 8.63. The van der Waals surface area contributed by atoms with Gasteiger partial charge in [0.05, 0.1) is 23.4 Å². The Morgan fingerprint density at radius 1 is 1.24 bits per heavy atom. The normalized spacial score (nSPS) is 17.0. The van der Waals surface area contributed by atoms with Crippen molar-refractivity contribution in [1.29, 1.82) is 0 Å². The van der Waals surface area contributed by atoms with E-state index in [0.717, 1.165) is 18.5 Å². The van der Waals surface area contributed by atoms with Gasteiger partial charge in [0.1, 0.15) is 12.1 Å². The van der Waals surface area contributed by atoms with Crippen LogP contribution < -0.4 is 4.74 Å². The Balaban J connectivity index is 1.57.